The Morgan fingerprint density at radius 1 is 1.05 bits per heavy atom. The van der Waals surface area contributed by atoms with E-state index in [1.54, 1.807) is 12.1 Å². The van der Waals surface area contributed by atoms with Crippen LogP contribution in [0.15, 0.2) is 42.5 Å². The van der Waals surface area contributed by atoms with E-state index in [0.717, 1.165) is 6.07 Å². The third-order valence-electron chi connectivity index (χ3n) is 3.09. The van der Waals surface area contributed by atoms with Crippen LogP contribution in [-0.4, -0.2) is 25.2 Å². The smallest absolute Gasteiger partial charge is 0.338 e. The molecular weight excluding hydrogens is 291 g/mol. The van der Waals surface area contributed by atoms with Crippen molar-refractivity contribution in [3.63, 3.8) is 0 Å². The summed E-state index contributed by atoms with van der Waals surface area (Å²) in [6.07, 6.45) is 0. The summed E-state index contributed by atoms with van der Waals surface area (Å²) in [6, 6.07) is 9.78. The molecule has 22 heavy (non-hydrogen) atoms. The summed E-state index contributed by atoms with van der Waals surface area (Å²) in [5.41, 5.74) is 0.398. The van der Waals surface area contributed by atoms with Crippen molar-refractivity contribution >= 4 is 11.8 Å². The van der Waals surface area contributed by atoms with Crippen LogP contribution in [0.1, 0.15) is 20.7 Å². The average Bonchev–Trinajstić information content (AvgIpc) is 2.99. The lowest BCUT2D eigenvalue weighted by Gasteiger charge is -2.05. The molecule has 2 aromatic rings. The van der Waals surface area contributed by atoms with Crippen molar-refractivity contribution in [3.05, 3.63) is 59.4 Å². The summed E-state index contributed by atoms with van der Waals surface area (Å²) in [6.45, 7) is -0.323. The van der Waals surface area contributed by atoms with Crippen LogP contribution in [0.25, 0.3) is 0 Å². The second-order valence-corrected chi connectivity index (χ2v) is 4.58. The number of carbonyl (C=O) groups is 2. The molecule has 0 spiro atoms. The Bertz CT molecular complexity index is 741. The molecule has 1 aliphatic rings. The fourth-order valence-corrected chi connectivity index (χ4v) is 1.98. The molecule has 0 atom stereocenters. The molecule has 3 rings (SSSR count). The van der Waals surface area contributed by atoms with E-state index in [4.69, 9.17) is 14.2 Å². The first-order valence-electron chi connectivity index (χ1n) is 6.49. The summed E-state index contributed by atoms with van der Waals surface area (Å²) < 4.78 is 28.2. The largest absolute Gasteiger partial charge is 0.454 e. The van der Waals surface area contributed by atoms with Crippen LogP contribution in [-0.2, 0) is 4.74 Å². The van der Waals surface area contributed by atoms with Crippen LogP contribution >= 0.6 is 0 Å². The van der Waals surface area contributed by atoms with Gasteiger partial charge in [-0.2, -0.15) is 0 Å². The molecule has 2 aromatic carbocycles. The summed E-state index contributed by atoms with van der Waals surface area (Å²) in [7, 11) is 0. The van der Waals surface area contributed by atoms with Crippen LogP contribution in [0.2, 0.25) is 0 Å². The Hall–Kier alpha value is -2.89. The molecule has 5 nitrogen and oxygen atoms in total. The van der Waals surface area contributed by atoms with Gasteiger partial charge in [0.25, 0.3) is 0 Å². The number of benzene rings is 2. The normalized spacial score (nSPS) is 12.0. The number of carbonyl (C=O) groups excluding carboxylic acids is 2. The van der Waals surface area contributed by atoms with E-state index >= 15 is 0 Å². The first-order valence-corrected chi connectivity index (χ1v) is 6.49. The van der Waals surface area contributed by atoms with Crippen molar-refractivity contribution < 1.29 is 28.2 Å². The van der Waals surface area contributed by atoms with Crippen molar-refractivity contribution in [3.8, 4) is 11.5 Å². The summed E-state index contributed by atoms with van der Waals surface area (Å²) in [4.78, 5) is 23.7. The third kappa shape index (κ3) is 2.90. The number of ketones is 1. The Labute approximate surface area is 125 Å². The SMILES string of the molecule is O=C(COC(=O)c1cccc(F)c1)c1ccc2c(c1)OCO2. The molecule has 0 fully saturated rings. The molecule has 0 aliphatic carbocycles. The summed E-state index contributed by atoms with van der Waals surface area (Å²) in [5, 5.41) is 0. The molecule has 0 aromatic heterocycles. The second kappa shape index (κ2) is 5.85. The minimum atomic E-state index is -0.756. The van der Waals surface area contributed by atoms with E-state index in [2.05, 4.69) is 0 Å². The van der Waals surface area contributed by atoms with E-state index in [1.165, 1.54) is 24.3 Å². The van der Waals surface area contributed by atoms with Gasteiger partial charge in [0.2, 0.25) is 6.79 Å². The quantitative estimate of drug-likeness (QED) is 0.641. The Morgan fingerprint density at radius 3 is 2.68 bits per heavy atom. The zero-order valence-corrected chi connectivity index (χ0v) is 11.4. The molecule has 1 aliphatic heterocycles. The van der Waals surface area contributed by atoms with Gasteiger partial charge in [0, 0.05) is 5.56 Å². The lowest BCUT2D eigenvalue weighted by Crippen LogP contribution is -2.14. The molecular formula is C16H11FO5. The van der Waals surface area contributed by atoms with E-state index in [-0.39, 0.29) is 18.1 Å². The maximum absolute atomic E-state index is 13.0. The van der Waals surface area contributed by atoms with Crippen molar-refractivity contribution in [1.82, 2.24) is 0 Å². The molecule has 0 saturated carbocycles. The van der Waals surface area contributed by atoms with Gasteiger partial charge in [-0.25, -0.2) is 9.18 Å². The minimum absolute atomic E-state index is 0.0542. The summed E-state index contributed by atoms with van der Waals surface area (Å²) in [5.74, 6) is -0.649. The van der Waals surface area contributed by atoms with Gasteiger partial charge in [-0.15, -0.1) is 0 Å². The molecule has 0 radical (unpaired) electrons. The van der Waals surface area contributed by atoms with E-state index in [0.29, 0.717) is 17.1 Å². The van der Waals surface area contributed by atoms with Gasteiger partial charge in [0.05, 0.1) is 5.56 Å². The molecule has 0 bridgehead atoms. The highest BCUT2D eigenvalue weighted by Gasteiger charge is 2.17. The molecule has 112 valence electrons. The predicted octanol–water partition coefficient (Wildman–Crippen LogP) is 2.59. The standard InChI is InChI=1S/C16H11FO5/c17-12-3-1-2-11(6-12)16(19)20-8-13(18)10-4-5-14-15(7-10)22-9-21-14/h1-7H,8-9H2. The number of halogens is 1. The molecule has 0 N–H and O–H groups in total. The maximum atomic E-state index is 13.0. The molecule has 6 heteroatoms. The lowest BCUT2D eigenvalue weighted by atomic mass is 10.1. The van der Waals surface area contributed by atoms with Gasteiger partial charge in [0.15, 0.2) is 23.9 Å². The molecule has 0 unspecified atom stereocenters. The second-order valence-electron chi connectivity index (χ2n) is 4.58. The van der Waals surface area contributed by atoms with Gasteiger partial charge in [0.1, 0.15) is 5.82 Å². The van der Waals surface area contributed by atoms with Crippen LogP contribution in [0.4, 0.5) is 4.39 Å². The van der Waals surface area contributed by atoms with Gasteiger partial charge < -0.3 is 14.2 Å². The number of rotatable bonds is 4. The molecule has 0 amide bonds. The number of hydrogen-bond donors (Lipinski definition) is 0. The third-order valence-corrected chi connectivity index (χ3v) is 3.09. The highest BCUT2D eigenvalue weighted by Crippen LogP contribution is 2.32. The van der Waals surface area contributed by atoms with Gasteiger partial charge in [-0.3, -0.25) is 4.79 Å². The maximum Gasteiger partial charge on any atom is 0.338 e. The minimum Gasteiger partial charge on any atom is -0.454 e. The first-order chi connectivity index (χ1) is 10.6. The lowest BCUT2D eigenvalue weighted by molar-refractivity contribution is 0.0474. The van der Waals surface area contributed by atoms with Crippen LogP contribution in [0.3, 0.4) is 0 Å². The predicted molar refractivity (Wildman–Crippen MR) is 73.6 cm³/mol. The Kier molecular flexibility index (Phi) is 3.74. The average molecular weight is 302 g/mol. The highest BCUT2D eigenvalue weighted by molar-refractivity contribution is 5.99. The number of hydrogen-bond acceptors (Lipinski definition) is 5. The molecule has 0 saturated heterocycles. The fourth-order valence-electron chi connectivity index (χ4n) is 1.98. The monoisotopic (exact) mass is 302 g/mol. The Morgan fingerprint density at radius 2 is 1.86 bits per heavy atom. The topological polar surface area (TPSA) is 61.8 Å². The van der Waals surface area contributed by atoms with E-state index in [9.17, 15) is 14.0 Å². The highest BCUT2D eigenvalue weighted by atomic mass is 19.1. The number of fused-ring (bicyclic) bond motifs is 1. The fraction of sp³-hybridized carbons (Fsp3) is 0.125. The van der Waals surface area contributed by atoms with Crippen molar-refractivity contribution in [2.24, 2.45) is 0 Å². The van der Waals surface area contributed by atoms with Gasteiger partial charge >= 0.3 is 5.97 Å². The van der Waals surface area contributed by atoms with Crippen LogP contribution < -0.4 is 9.47 Å². The zero-order valence-electron chi connectivity index (χ0n) is 11.4. The van der Waals surface area contributed by atoms with Crippen LogP contribution in [0.5, 0.6) is 11.5 Å². The number of Topliss-reactive ketones (excluding diaryl/α,β-unsaturated/α-hetero) is 1. The van der Waals surface area contributed by atoms with Crippen molar-refractivity contribution in [2.75, 3.05) is 13.4 Å². The van der Waals surface area contributed by atoms with Crippen molar-refractivity contribution in [2.45, 2.75) is 0 Å². The van der Waals surface area contributed by atoms with E-state index in [1.807, 2.05) is 0 Å². The number of ether oxygens (including phenoxy) is 3. The summed E-state index contributed by atoms with van der Waals surface area (Å²) >= 11 is 0. The molecule has 1 heterocycles. The first kappa shape index (κ1) is 14.1. The number of esters is 1. The zero-order chi connectivity index (χ0) is 15.5. The Balaban J connectivity index is 1.64. The van der Waals surface area contributed by atoms with Crippen LogP contribution in [0, 0.1) is 5.82 Å². The van der Waals surface area contributed by atoms with Gasteiger partial charge in [-0.05, 0) is 36.4 Å². The van der Waals surface area contributed by atoms with E-state index < -0.39 is 18.4 Å². The van der Waals surface area contributed by atoms with Gasteiger partial charge in [-0.1, -0.05) is 6.07 Å². The van der Waals surface area contributed by atoms with Crippen molar-refractivity contribution in [1.29, 1.82) is 0 Å².